The third kappa shape index (κ3) is 2.76. The average molecular weight is 245 g/mol. The van der Waals surface area contributed by atoms with E-state index in [9.17, 15) is 0 Å². The molecule has 2 aliphatic rings. The summed E-state index contributed by atoms with van der Waals surface area (Å²) in [6.45, 7) is 3.10. The topological polar surface area (TPSA) is 21.3 Å². The first-order valence-corrected chi connectivity index (χ1v) is 7.33. The van der Waals surface area contributed by atoms with Crippen LogP contribution in [0.2, 0.25) is 0 Å². The number of fused-ring (bicyclic) bond motifs is 1. The fraction of sp³-hybridized carbons (Fsp3) is 0.625. The van der Waals surface area contributed by atoms with Crippen LogP contribution in [0.4, 0.5) is 0 Å². The number of nitrogens with one attached hydrogen (secondary N) is 1. The number of aryl methyl sites for hydroxylation is 1. The zero-order chi connectivity index (χ0) is 12.2. The lowest BCUT2D eigenvalue weighted by Gasteiger charge is -2.29. The van der Waals surface area contributed by atoms with Gasteiger partial charge in [-0.3, -0.25) is 0 Å². The second kappa shape index (κ2) is 5.85. The molecular weight excluding hydrogens is 222 g/mol. The second-order valence-corrected chi connectivity index (χ2v) is 5.59. The lowest BCUT2D eigenvalue weighted by Crippen LogP contribution is -2.36. The summed E-state index contributed by atoms with van der Waals surface area (Å²) in [5.74, 6) is 0.622. The van der Waals surface area contributed by atoms with Crippen LogP contribution in [-0.4, -0.2) is 25.8 Å². The van der Waals surface area contributed by atoms with Gasteiger partial charge in [0.05, 0.1) is 12.7 Å². The van der Waals surface area contributed by atoms with E-state index in [1.807, 2.05) is 0 Å². The molecule has 2 atom stereocenters. The van der Waals surface area contributed by atoms with Gasteiger partial charge in [-0.25, -0.2) is 0 Å². The summed E-state index contributed by atoms with van der Waals surface area (Å²) in [6.07, 6.45) is 6.77. The SMILES string of the molecule is c1ccc2c(c1)CCCC2CO[C@H]1CCCNC1. The smallest absolute Gasteiger partial charge is 0.0700 e. The van der Waals surface area contributed by atoms with Gasteiger partial charge in [0.1, 0.15) is 0 Å². The molecule has 0 amide bonds. The highest BCUT2D eigenvalue weighted by molar-refractivity contribution is 5.32. The maximum Gasteiger partial charge on any atom is 0.0700 e. The molecule has 1 unspecified atom stereocenters. The molecule has 2 nitrogen and oxygen atoms in total. The molecule has 98 valence electrons. The molecule has 1 aliphatic heterocycles. The summed E-state index contributed by atoms with van der Waals surface area (Å²) in [5, 5.41) is 3.42. The van der Waals surface area contributed by atoms with Gasteiger partial charge in [0.2, 0.25) is 0 Å². The minimum absolute atomic E-state index is 0.438. The predicted octanol–water partition coefficient (Wildman–Crippen LogP) is 2.88. The first-order valence-electron chi connectivity index (χ1n) is 7.33. The molecule has 0 radical (unpaired) electrons. The quantitative estimate of drug-likeness (QED) is 0.884. The minimum atomic E-state index is 0.438. The standard InChI is InChI=1S/C16H23NO/c1-2-9-16-13(5-1)6-3-7-14(16)12-18-15-8-4-10-17-11-15/h1-2,5,9,14-15,17H,3-4,6-8,10-12H2/t14?,15-/m0/s1. The van der Waals surface area contributed by atoms with E-state index in [-0.39, 0.29) is 0 Å². The van der Waals surface area contributed by atoms with Crippen LogP contribution in [0.5, 0.6) is 0 Å². The summed E-state index contributed by atoms with van der Waals surface area (Å²) in [4.78, 5) is 0. The minimum Gasteiger partial charge on any atom is -0.376 e. The predicted molar refractivity (Wildman–Crippen MR) is 74.0 cm³/mol. The van der Waals surface area contributed by atoms with Crippen molar-refractivity contribution in [1.82, 2.24) is 5.32 Å². The number of hydrogen-bond donors (Lipinski definition) is 1. The molecule has 1 saturated heterocycles. The summed E-state index contributed by atoms with van der Waals surface area (Å²) in [7, 11) is 0. The Labute approximate surface area is 110 Å². The van der Waals surface area contributed by atoms with E-state index in [0.29, 0.717) is 12.0 Å². The molecule has 1 aromatic rings. The molecule has 0 saturated carbocycles. The van der Waals surface area contributed by atoms with Gasteiger partial charge in [-0.15, -0.1) is 0 Å². The van der Waals surface area contributed by atoms with Crippen LogP contribution in [0.15, 0.2) is 24.3 Å². The van der Waals surface area contributed by atoms with Gasteiger partial charge < -0.3 is 10.1 Å². The fourth-order valence-electron chi connectivity index (χ4n) is 3.24. The highest BCUT2D eigenvalue weighted by Crippen LogP contribution is 2.31. The average Bonchev–Trinajstić information content (AvgIpc) is 2.46. The molecule has 1 N–H and O–H groups in total. The summed E-state index contributed by atoms with van der Waals surface area (Å²) in [5.41, 5.74) is 3.08. The van der Waals surface area contributed by atoms with E-state index >= 15 is 0 Å². The molecule has 2 heteroatoms. The van der Waals surface area contributed by atoms with Crippen LogP contribution in [0.3, 0.4) is 0 Å². The van der Waals surface area contributed by atoms with E-state index in [0.717, 1.165) is 19.7 Å². The highest BCUT2D eigenvalue weighted by Gasteiger charge is 2.22. The van der Waals surface area contributed by atoms with Gasteiger partial charge in [0.15, 0.2) is 0 Å². The number of rotatable bonds is 3. The molecule has 1 heterocycles. The van der Waals surface area contributed by atoms with Crippen molar-refractivity contribution in [2.24, 2.45) is 0 Å². The number of benzene rings is 1. The first kappa shape index (κ1) is 12.2. The molecule has 0 aromatic heterocycles. The Hall–Kier alpha value is -0.860. The molecule has 1 aliphatic carbocycles. The molecule has 0 spiro atoms. The van der Waals surface area contributed by atoms with Gasteiger partial charge in [-0.05, 0) is 49.8 Å². The van der Waals surface area contributed by atoms with Crippen molar-refractivity contribution in [1.29, 1.82) is 0 Å². The third-order valence-corrected chi connectivity index (χ3v) is 4.28. The second-order valence-electron chi connectivity index (χ2n) is 5.59. The van der Waals surface area contributed by atoms with E-state index in [2.05, 4.69) is 29.6 Å². The Balaban J connectivity index is 1.60. The van der Waals surface area contributed by atoms with Gasteiger partial charge >= 0.3 is 0 Å². The van der Waals surface area contributed by atoms with Crippen molar-refractivity contribution in [3.63, 3.8) is 0 Å². The van der Waals surface area contributed by atoms with Crippen molar-refractivity contribution in [3.8, 4) is 0 Å². The Morgan fingerprint density at radius 2 is 2.11 bits per heavy atom. The maximum atomic E-state index is 6.12. The van der Waals surface area contributed by atoms with Gasteiger partial charge in [-0.1, -0.05) is 24.3 Å². The van der Waals surface area contributed by atoms with Gasteiger partial charge in [-0.2, -0.15) is 0 Å². The highest BCUT2D eigenvalue weighted by atomic mass is 16.5. The first-order chi connectivity index (χ1) is 8.93. The largest absolute Gasteiger partial charge is 0.376 e. The maximum absolute atomic E-state index is 6.12. The molecule has 18 heavy (non-hydrogen) atoms. The molecule has 3 rings (SSSR count). The van der Waals surface area contributed by atoms with Crippen LogP contribution in [0.25, 0.3) is 0 Å². The van der Waals surface area contributed by atoms with Crippen molar-refractivity contribution in [3.05, 3.63) is 35.4 Å². The van der Waals surface area contributed by atoms with E-state index in [4.69, 9.17) is 4.74 Å². The van der Waals surface area contributed by atoms with Crippen molar-refractivity contribution < 1.29 is 4.74 Å². The van der Waals surface area contributed by atoms with E-state index in [1.54, 1.807) is 5.56 Å². The Bertz CT molecular complexity index is 384. The number of piperidine rings is 1. The van der Waals surface area contributed by atoms with Crippen LogP contribution >= 0.6 is 0 Å². The fourth-order valence-corrected chi connectivity index (χ4v) is 3.24. The van der Waals surface area contributed by atoms with E-state index < -0.39 is 0 Å². The number of ether oxygens (including phenoxy) is 1. The zero-order valence-electron chi connectivity index (χ0n) is 11.0. The summed E-state index contributed by atoms with van der Waals surface area (Å²) < 4.78 is 6.12. The van der Waals surface area contributed by atoms with Crippen LogP contribution < -0.4 is 5.32 Å². The summed E-state index contributed by atoms with van der Waals surface area (Å²) >= 11 is 0. The van der Waals surface area contributed by atoms with Crippen molar-refractivity contribution in [2.45, 2.75) is 44.1 Å². The molecule has 1 aromatic carbocycles. The van der Waals surface area contributed by atoms with Crippen molar-refractivity contribution in [2.75, 3.05) is 19.7 Å². The van der Waals surface area contributed by atoms with E-state index in [1.165, 1.54) is 37.7 Å². The normalized spacial score (nSPS) is 27.8. The van der Waals surface area contributed by atoms with Crippen LogP contribution in [-0.2, 0) is 11.2 Å². The third-order valence-electron chi connectivity index (χ3n) is 4.28. The molecule has 1 fully saturated rings. The van der Waals surface area contributed by atoms with Crippen LogP contribution in [0, 0.1) is 0 Å². The monoisotopic (exact) mass is 245 g/mol. The number of hydrogen-bond acceptors (Lipinski definition) is 2. The van der Waals surface area contributed by atoms with Gasteiger partial charge in [0.25, 0.3) is 0 Å². The lowest BCUT2D eigenvalue weighted by molar-refractivity contribution is 0.0259. The Morgan fingerprint density at radius 3 is 3.00 bits per heavy atom. The van der Waals surface area contributed by atoms with Crippen molar-refractivity contribution >= 4 is 0 Å². The Kier molecular flexibility index (Phi) is 3.96. The summed E-state index contributed by atoms with van der Waals surface area (Å²) in [6, 6.07) is 8.90. The molecular formula is C16H23NO. The zero-order valence-corrected chi connectivity index (χ0v) is 11.0. The Morgan fingerprint density at radius 1 is 1.17 bits per heavy atom. The molecule has 0 bridgehead atoms. The van der Waals surface area contributed by atoms with Gasteiger partial charge in [0, 0.05) is 12.5 Å². The van der Waals surface area contributed by atoms with Crippen LogP contribution in [0.1, 0.15) is 42.7 Å². The lowest BCUT2D eigenvalue weighted by atomic mass is 9.83.